The predicted molar refractivity (Wildman–Crippen MR) is 108 cm³/mol. The molecule has 8 nitrogen and oxygen atoms in total. The molecular formula is C20H24O8S2. The second-order valence-electron chi connectivity index (χ2n) is 7.26. The maximum atomic E-state index is 12.7. The number of rotatable bonds is 6. The highest BCUT2D eigenvalue weighted by molar-refractivity contribution is 7.87. The van der Waals surface area contributed by atoms with Gasteiger partial charge < -0.3 is 9.84 Å². The monoisotopic (exact) mass is 456 g/mol. The minimum Gasteiger partial charge on any atom is -0.368 e. The summed E-state index contributed by atoms with van der Waals surface area (Å²) in [4.78, 5) is -0.159. The lowest BCUT2D eigenvalue weighted by Gasteiger charge is -2.37. The molecule has 0 saturated carbocycles. The maximum absolute atomic E-state index is 12.7. The Labute approximate surface area is 176 Å². The molecule has 164 valence electrons. The molecule has 1 heterocycles. The van der Waals surface area contributed by atoms with E-state index in [1.807, 2.05) is 13.8 Å². The number of benzene rings is 2. The van der Waals surface area contributed by atoms with Crippen LogP contribution in [-0.2, 0) is 33.3 Å². The lowest BCUT2D eigenvalue weighted by molar-refractivity contribution is -0.214. The minimum absolute atomic E-state index is 0.0773. The first-order chi connectivity index (χ1) is 14.0. The summed E-state index contributed by atoms with van der Waals surface area (Å²) in [5, 5.41) is 9.92. The maximum Gasteiger partial charge on any atom is 0.297 e. The van der Waals surface area contributed by atoms with E-state index in [-0.39, 0.29) is 16.2 Å². The molecule has 1 N–H and O–H groups in total. The van der Waals surface area contributed by atoms with Crippen molar-refractivity contribution in [3.05, 3.63) is 59.7 Å². The summed E-state index contributed by atoms with van der Waals surface area (Å²) in [5.41, 5.74) is 1.74. The number of aryl methyl sites for hydroxylation is 2. The van der Waals surface area contributed by atoms with Gasteiger partial charge in [-0.1, -0.05) is 35.4 Å². The van der Waals surface area contributed by atoms with Crippen LogP contribution in [0.15, 0.2) is 58.3 Å². The molecule has 30 heavy (non-hydrogen) atoms. The zero-order chi connectivity index (χ0) is 22.1. The minimum atomic E-state index is -4.22. The average molecular weight is 457 g/mol. The highest BCUT2D eigenvalue weighted by Gasteiger charge is 2.43. The molecule has 0 bridgehead atoms. The zero-order valence-electron chi connectivity index (χ0n) is 16.8. The van der Waals surface area contributed by atoms with Crippen molar-refractivity contribution in [2.75, 3.05) is 0 Å². The number of aliphatic hydroxyl groups is 1. The van der Waals surface area contributed by atoms with Crippen LogP contribution in [0.3, 0.4) is 0 Å². The number of aliphatic hydroxyl groups excluding tert-OH is 1. The van der Waals surface area contributed by atoms with E-state index in [2.05, 4.69) is 0 Å². The van der Waals surface area contributed by atoms with Gasteiger partial charge in [0.1, 0.15) is 12.2 Å². The van der Waals surface area contributed by atoms with Crippen molar-refractivity contribution in [1.29, 1.82) is 0 Å². The molecule has 0 amide bonds. The first kappa shape index (κ1) is 22.9. The zero-order valence-corrected chi connectivity index (χ0v) is 18.4. The number of hydrogen-bond acceptors (Lipinski definition) is 8. The molecule has 1 aliphatic heterocycles. The third-order valence-electron chi connectivity index (χ3n) is 4.74. The van der Waals surface area contributed by atoms with Crippen molar-refractivity contribution in [3.63, 3.8) is 0 Å². The normalized spacial score (nSPS) is 25.2. The average Bonchev–Trinajstić information content (AvgIpc) is 2.65. The molecule has 2 aromatic carbocycles. The molecule has 3 rings (SSSR count). The van der Waals surface area contributed by atoms with E-state index in [0.29, 0.717) is 0 Å². The van der Waals surface area contributed by atoms with Gasteiger partial charge in [-0.3, -0.25) is 8.37 Å². The van der Waals surface area contributed by atoms with E-state index in [0.717, 1.165) is 11.1 Å². The van der Waals surface area contributed by atoms with Crippen molar-refractivity contribution >= 4 is 20.2 Å². The summed E-state index contributed by atoms with van der Waals surface area (Å²) in [6.45, 7) is 5.11. The van der Waals surface area contributed by atoms with Gasteiger partial charge in [-0.25, -0.2) is 0 Å². The SMILES string of the molecule is Cc1ccc(S(=O)(=O)OC2CC(O)OC(C)C2OS(=O)(=O)c2ccc(C)cc2)cc1. The van der Waals surface area contributed by atoms with Gasteiger partial charge in [0.05, 0.1) is 15.9 Å². The lowest BCUT2D eigenvalue weighted by atomic mass is 10.0. The second-order valence-corrected chi connectivity index (χ2v) is 10.4. The molecule has 10 heteroatoms. The van der Waals surface area contributed by atoms with Crippen LogP contribution in [0.25, 0.3) is 0 Å². The fraction of sp³-hybridized carbons (Fsp3) is 0.400. The summed E-state index contributed by atoms with van der Waals surface area (Å²) in [6, 6.07) is 12.1. The highest BCUT2D eigenvalue weighted by atomic mass is 32.2. The van der Waals surface area contributed by atoms with Gasteiger partial charge in [-0.15, -0.1) is 0 Å². The van der Waals surface area contributed by atoms with Crippen molar-refractivity contribution in [3.8, 4) is 0 Å². The van der Waals surface area contributed by atoms with E-state index >= 15 is 0 Å². The smallest absolute Gasteiger partial charge is 0.297 e. The molecule has 0 aromatic heterocycles. The molecule has 1 fully saturated rings. The largest absolute Gasteiger partial charge is 0.368 e. The first-order valence-electron chi connectivity index (χ1n) is 9.31. The quantitative estimate of drug-likeness (QED) is 0.658. The fourth-order valence-corrected chi connectivity index (χ4v) is 5.33. The Morgan fingerprint density at radius 1 is 0.833 bits per heavy atom. The molecule has 0 spiro atoms. The van der Waals surface area contributed by atoms with Gasteiger partial charge >= 0.3 is 0 Å². The van der Waals surface area contributed by atoms with E-state index < -0.39 is 44.8 Å². The van der Waals surface area contributed by atoms with Crippen LogP contribution in [0.2, 0.25) is 0 Å². The molecule has 0 aliphatic carbocycles. The Bertz CT molecular complexity index is 1080. The third-order valence-corrected chi connectivity index (χ3v) is 7.42. The molecule has 1 saturated heterocycles. The standard InChI is InChI=1S/C20H24O8S2/c1-13-4-8-16(9-5-13)29(22,23)27-18-12-19(21)26-15(3)20(18)28-30(24,25)17-10-6-14(2)7-11-17/h4-11,15,18-21H,12H2,1-3H3. The Balaban J connectivity index is 1.87. The second kappa shape index (κ2) is 8.74. The van der Waals surface area contributed by atoms with Gasteiger partial charge in [0.2, 0.25) is 0 Å². The lowest BCUT2D eigenvalue weighted by Crippen LogP contribution is -2.50. The van der Waals surface area contributed by atoms with Crippen molar-refractivity contribution in [2.45, 2.75) is 61.6 Å². The van der Waals surface area contributed by atoms with Crippen LogP contribution < -0.4 is 0 Å². The molecular weight excluding hydrogens is 432 g/mol. The Kier molecular flexibility index (Phi) is 6.66. The van der Waals surface area contributed by atoms with Gasteiger partial charge in [-0.05, 0) is 45.0 Å². The summed E-state index contributed by atoms with van der Waals surface area (Å²) >= 11 is 0. The predicted octanol–water partition coefficient (Wildman–Crippen LogP) is 2.28. The Hall–Kier alpha value is -1.82. The Morgan fingerprint density at radius 2 is 1.27 bits per heavy atom. The van der Waals surface area contributed by atoms with Crippen molar-refractivity contribution in [1.82, 2.24) is 0 Å². The molecule has 4 atom stereocenters. The fourth-order valence-electron chi connectivity index (χ4n) is 3.08. The van der Waals surface area contributed by atoms with Crippen LogP contribution >= 0.6 is 0 Å². The topological polar surface area (TPSA) is 116 Å². The van der Waals surface area contributed by atoms with Gasteiger partial charge in [-0.2, -0.15) is 16.8 Å². The van der Waals surface area contributed by atoms with Crippen molar-refractivity contribution in [2.24, 2.45) is 0 Å². The molecule has 2 aromatic rings. The van der Waals surface area contributed by atoms with Crippen LogP contribution in [0.5, 0.6) is 0 Å². The van der Waals surface area contributed by atoms with E-state index in [4.69, 9.17) is 13.1 Å². The highest BCUT2D eigenvalue weighted by Crippen LogP contribution is 2.30. The summed E-state index contributed by atoms with van der Waals surface area (Å²) in [7, 11) is -8.45. The number of ether oxygens (including phenoxy) is 1. The molecule has 1 aliphatic rings. The number of hydrogen-bond donors (Lipinski definition) is 1. The van der Waals surface area contributed by atoms with E-state index in [1.165, 1.54) is 31.2 Å². The van der Waals surface area contributed by atoms with Crippen LogP contribution in [0, 0.1) is 13.8 Å². The van der Waals surface area contributed by atoms with Crippen LogP contribution in [0.4, 0.5) is 0 Å². The molecule has 4 unspecified atom stereocenters. The van der Waals surface area contributed by atoms with Gasteiger partial charge in [0, 0.05) is 6.42 Å². The van der Waals surface area contributed by atoms with E-state index in [1.54, 1.807) is 24.3 Å². The van der Waals surface area contributed by atoms with Gasteiger partial charge in [0.25, 0.3) is 20.2 Å². The van der Waals surface area contributed by atoms with Gasteiger partial charge in [0.15, 0.2) is 6.29 Å². The summed E-state index contributed by atoms with van der Waals surface area (Å²) < 4.78 is 66.7. The van der Waals surface area contributed by atoms with Crippen molar-refractivity contribution < 1.29 is 35.0 Å². The summed E-state index contributed by atoms with van der Waals surface area (Å²) in [6.07, 6.45) is -5.08. The third kappa shape index (κ3) is 5.26. The Morgan fingerprint density at radius 3 is 1.73 bits per heavy atom. The van der Waals surface area contributed by atoms with E-state index in [9.17, 15) is 21.9 Å². The first-order valence-corrected chi connectivity index (χ1v) is 12.1. The van der Waals surface area contributed by atoms with Crippen LogP contribution in [-0.4, -0.2) is 46.5 Å². The summed E-state index contributed by atoms with van der Waals surface area (Å²) in [5.74, 6) is 0. The molecule has 0 radical (unpaired) electrons. The van der Waals surface area contributed by atoms with Crippen LogP contribution in [0.1, 0.15) is 24.5 Å².